The van der Waals surface area contributed by atoms with Gasteiger partial charge >= 0.3 is 0 Å². The highest BCUT2D eigenvalue weighted by molar-refractivity contribution is 9.10. The maximum atomic E-state index is 12.4. The van der Waals surface area contributed by atoms with Gasteiger partial charge in [-0.2, -0.15) is 0 Å². The largest absolute Gasteiger partial charge is 0.493 e. The van der Waals surface area contributed by atoms with Crippen LogP contribution in [0.3, 0.4) is 0 Å². The Balaban J connectivity index is 1.89. The van der Waals surface area contributed by atoms with E-state index in [2.05, 4.69) is 38.3 Å². The summed E-state index contributed by atoms with van der Waals surface area (Å²) in [5, 5.41) is 2.95. The zero-order valence-corrected chi connectivity index (χ0v) is 17.0. The molecular formula is C20H25BrN2O3. The van der Waals surface area contributed by atoms with Gasteiger partial charge in [-0.3, -0.25) is 4.79 Å². The number of carbonyl (C=O) groups excluding carboxylic acids is 1. The highest BCUT2D eigenvalue weighted by atomic mass is 79.9. The topological polar surface area (TPSA) is 50.8 Å². The second-order valence-corrected chi connectivity index (χ2v) is 6.64. The van der Waals surface area contributed by atoms with Gasteiger partial charge in [0, 0.05) is 31.4 Å². The van der Waals surface area contributed by atoms with Gasteiger partial charge in [0.25, 0.3) is 5.91 Å². The summed E-state index contributed by atoms with van der Waals surface area (Å²) in [6, 6.07) is 13.6. The number of halogens is 1. The van der Waals surface area contributed by atoms with E-state index in [0.717, 1.165) is 13.0 Å². The number of nitrogens with one attached hydrogen (secondary N) is 1. The van der Waals surface area contributed by atoms with Crippen molar-refractivity contribution < 1.29 is 14.3 Å². The van der Waals surface area contributed by atoms with Crippen molar-refractivity contribution in [3.05, 3.63) is 52.5 Å². The Morgan fingerprint density at radius 3 is 2.62 bits per heavy atom. The van der Waals surface area contributed by atoms with E-state index in [1.807, 2.05) is 32.2 Å². The van der Waals surface area contributed by atoms with Gasteiger partial charge in [0.15, 0.2) is 11.5 Å². The zero-order valence-electron chi connectivity index (χ0n) is 15.4. The average Bonchev–Trinajstić information content (AvgIpc) is 2.67. The predicted molar refractivity (Wildman–Crippen MR) is 109 cm³/mol. The van der Waals surface area contributed by atoms with Crippen molar-refractivity contribution in [3.63, 3.8) is 0 Å². The highest BCUT2D eigenvalue weighted by Gasteiger charge is 2.15. The maximum Gasteiger partial charge on any atom is 0.251 e. The molecule has 0 aliphatic rings. The quantitative estimate of drug-likeness (QED) is 0.620. The molecule has 0 heterocycles. The number of para-hydroxylation sites is 1. The number of benzene rings is 2. The maximum absolute atomic E-state index is 12.4. The van der Waals surface area contributed by atoms with Gasteiger partial charge in [-0.1, -0.05) is 18.2 Å². The minimum Gasteiger partial charge on any atom is -0.493 e. The molecule has 26 heavy (non-hydrogen) atoms. The van der Waals surface area contributed by atoms with E-state index < -0.39 is 0 Å². The summed E-state index contributed by atoms with van der Waals surface area (Å²) in [6.07, 6.45) is 0.854. The van der Waals surface area contributed by atoms with Gasteiger partial charge in [-0.15, -0.1) is 0 Å². The summed E-state index contributed by atoms with van der Waals surface area (Å²) in [7, 11) is 3.61. The van der Waals surface area contributed by atoms with E-state index in [-0.39, 0.29) is 5.91 Å². The van der Waals surface area contributed by atoms with Gasteiger partial charge in [-0.05, 0) is 53.5 Å². The summed E-state index contributed by atoms with van der Waals surface area (Å²) >= 11 is 3.44. The number of nitrogens with zero attached hydrogens (tertiary/aromatic N) is 1. The SMILES string of the molecule is CCOc1c(Br)cc(C(=O)NCCCN(C)c2ccccc2)cc1OC. The number of hydrogen-bond donors (Lipinski definition) is 1. The summed E-state index contributed by atoms with van der Waals surface area (Å²) < 4.78 is 11.6. The molecule has 2 rings (SSSR count). The molecule has 0 aliphatic heterocycles. The molecule has 0 fully saturated rings. The van der Waals surface area contributed by atoms with Crippen molar-refractivity contribution in [3.8, 4) is 11.5 Å². The summed E-state index contributed by atoms with van der Waals surface area (Å²) in [5.74, 6) is 1.01. The second-order valence-electron chi connectivity index (χ2n) is 5.79. The van der Waals surface area contributed by atoms with E-state index in [0.29, 0.717) is 34.7 Å². The predicted octanol–water partition coefficient (Wildman–Crippen LogP) is 4.11. The molecular weight excluding hydrogens is 396 g/mol. The molecule has 1 N–H and O–H groups in total. The van der Waals surface area contributed by atoms with Crippen molar-refractivity contribution >= 4 is 27.5 Å². The van der Waals surface area contributed by atoms with Crippen LogP contribution < -0.4 is 19.7 Å². The number of methoxy groups -OCH3 is 1. The van der Waals surface area contributed by atoms with Crippen molar-refractivity contribution in [1.29, 1.82) is 0 Å². The van der Waals surface area contributed by atoms with Crippen LogP contribution >= 0.6 is 15.9 Å². The molecule has 1 amide bonds. The van der Waals surface area contributed by atoms with Gasteiger partial charge in [0.1, 0.15) is 0 Å². The molecule has 0 atom stereocenters. The molecule has 0 saturated heterocycles. The van der Waals surface area contributed by atoms with Crippen molar-refractivity contribution in [2.24, 2.45) is 0 Å². The number of rotatable bonds is 9. The lowest BCUT2D eigenvalue weighted by Gasteiger charge is -2.19. The minimum absolute atomic E-state index is 0.130. The van der Waals surface area contributed by atoms with Crippen LogP contribution in [0, 0.1) is 0 Å². The molecule has 0 radical (unpaired) electrons. The molecule has 0 spiro atoms. The van der Waals surface area contributed by atoms with E-state index in [1.165, 1.54) is 5.69 Å². The van der Waals surface area contributed by atoms with Crippen LogP contribution in [0.4, 0.5) is 5.69 Å². The Morgan fingerprint density at radius 2 is 1.96 bits per heavy atom. The summed E-state index contributed by atoms with van der Waals surface area (Å²) in [4.78, 5) is 14.6. The van der Waals surface area contributed by atoms with Crippen LogP contribution in [0.5, 0.6) is 11.5 Å². The summed E-state index contributed by atoms with van der Waals surface area (Å²) in [6.45, 7) is 3.89. The van der Waals surface area contributed by atoms with Crippen molar-refractivity contribution in [2.45, 2.75) is 13.3 Å². The molecule has 0 unspecified atom stereocenters. The fraction of sp³-hybridized carbons (Fsp3) is 0.350. The molecule has 0 saturated carbocycles. The van der Waals surface area contributed by atoms with E-state index in [9.17, 15) is 4.79 Å². The Bertz CT molecular complexity index is 722. The molecule has 0 aliphatic carbocycles. The van der Waals surface area contributed by atoms with Crippen LogP contribution in [0.25, 0.3) is 0 Å². The standard InChI is InChI=1S/C20H25BrN2O3/c1-4-26-19-17(21)13-15(14-18(19)25-3)20(24)22-11-8-12-23(2)16-9-6-5-7-10-16/h5-7,9-10,13-14H,4,8,11-12H2,1-3H3,(H,22,24). The first-order valence-electron chi connectivity index (χ1n) is 8.61. The molecule has 140 valence electrons. The highest BCUT2D eigenvalue weighted by Crippen LogP contribution is 2.36. The zero-order chi connectivity index (χ0) is 18.9. The molecule has 0 bridgehead atoms. The second kappa shape index (κ2) is 10.1. The number of hydrogen-bond acceptors (Lipinski definition) is 4. The monoisotopic (exact) mass is 420 g/mol. The molecule has 5 nitrogen and oxygen atoms in total. The summed E-state index contributed by atoms with van der Waals surface area (Å²) in [5.41, 5.74) is 1.70. The van der Waals surface area contributed by atoms with E-state index >= 15 is 0 Å². The first kappa shape index (κ1) is 20.1. The first-order valence-corrected chi connectivity index (χ1v) is 9.40. The van der Waals surface area contributed by atoms with Crippen LogP contribution in [-0.4, -0.2) is 39.8 Å². The van der Waals surface area contributed by atoms with Crippen molar-refractivity contribution in [2.75, 3.05) is 38.8 Å². The Labute approximate surface area is 163 Å². The Hall–Kier alpha value is -2.21. The fourth-order valence-corrected chi connectivity index (χ4v) is 3.12. The fourth-order valence-electron chi connectivity index (χ4n) is 2.57. The third-order valence-corrected chi connectivity index (χ3v) is 4.52. The van der Waals surface area contributed by atoms with Gasteiger partial charge in [0.2, 0.25) is 0 Å². The van der Waals surface area contributed by atoms with Crippen LogP contribution in [0.1, 0.15) is 23.7 Å². The number of anilines is 1. The van der Waals surface area contributed by atoms with Gasteiger partial charge in [0.05, 0.1) is 18.2 Å². The molecule has 0 aromatic heterocycles. The lowest BCUT2D eigenvalue weighted by atomic mass is 10.2. The van der Waals surface area contributed by atoms with Gasteiger partial charge in [-0.25, -0.2) is 0 Å². The first-order chi connectivity index (χ1) is 12.6. The van der Waals surface area contributed by atoms with Crippen LogP contribution in [-0.2, 0) is 0 Å². The number of amides is 1. The molecule has 6 heteroatoms. The Morgan fingerprint density at radius 1 is 1.23 bits per heavy atom. The third-order valence-electron chi connectivity index (χ3n) is 3.93. The molecule has 2 aromatic carbocycles. The van der Waals surface area contributed by atoms with Crippen LogP contribution in [0.2, 0.25) is 0 Å². The normalized spacial score (nSPS) is 10.3. The van der Waals surface area contributed by atoms with Gasteiger partial charge < -0.3 is 19.7 Å². The minimum atomic E-state index is -0.130. The van der Waals surface area contributed by atoms with Crippen LogP contribution in [0.15, 0.2) is 46.9 Å². The lowest BCUT2D eigenvalue weighted by Crippen LogP contribution is -2.28. The number of carbonyl (C=O) groups is 1. The van der Waals surface area contributed by atoms with E-state index in [4.69, 9.17) is 9.47 Å². The third kappa shape index (κ3) is 5.39. The number of ether oxygens (including phenoxy) is 2. The van der Waals surface area contributed by atoms with Crippen molar-refractivity contribution in [1.82, 2.24) is 5.32 Å². The molecule has 2 aromatic rings. The average molecular weight is 421 g/mol. The lowest BCUT2D eigenvalue weighted by molar-refractivity contribution is 0.0953. The Kier molecular flexibility index (Phi) is 7.78. The smallest absolute Gasteiger partial charge is 0.251 e. The van der Waals surface area contributed by atoms with E-state index in [1.54, 1.807) is 19.2 Å².